The number of hydrogen-bond donors (Lipinski definition) is 1. The number of nitriles is 1. The predicted octanol–water partition coefficient (Wildman–Crippen LogP) is 3.22. The molecule has 0 radical (unpaired) electrons. The van der Waals surface area contributed by atoms with Crippen molar-refractivity contribution in [3.63, 3.8) is 0 Å². The zero-order valence-electron chi connectivity index (χ0n) is 13.4. The molecule has 1 amide bonds. The highest BCUT2D eigenvalue weighted by atomic mass is 35.5. The van der Waals surface area contributed by atoms with Crippen LogP contribution in [0, 0.1) is 11.3 Å². The third-order valence-electron chi connectivity index (χ3n) is 3.51. The Morgan fingerprint density at radius 1 is 1.25 bits per heavy atom. The molecule has 0 bridgehead atoms. The highest BCUT2D eigenvalue weighted by Gasteiger charge is 2.22. The first-order chi connectivity index (χ1) is 11.6. The van der Waals surface area contributed by atoms with Crippen molar-refractivity contribution < 1.29 is 14.3 Å². The lowest BCUT2D eigenvalue weighted by Crippen LogP contribution is -2.30. The van der Waals surface area contributed by atoms with Gasteiger partial charge in [0.05, 0.1) is 23.8 Å². The molecule has 0 aliphatic rings. The summed E-state index contributed by atoms with van der Waals surface area (Å²) in [7, 11) is 3.00. The lowest BCUT2D eigenvalue weighted by molar-refractivity contribution is -0.131. The van der Waals surface area contributed by atoms with E-state index >= 15 is 0 Å². The van der Waals surface area contributed by atoms with Crippen molar-refractivity contribution in [3.05, 3.63) is 64.2 Å². The number of carbonyl (C=O) groups is 1. The summed E-state index contributed by atoms with van der Waals surface area (Å²) < 4.78 is 10.4. The van der Waals surface area contributed by atoms with E-state index in [1.165, 1.54) is 7.11 Å². The van der Waals surface area contributed by atoms with E-state index in [0.717, 1.165) is 5.56 Å². The van der Waals surface area contributed by atoms with Gasteiger partial charge in [-0.1, -0.05) is 29.8 Å². The van der Waals surface area contributed by atoms with Crippen molar-refractivity contribution in [2.75, 3.05) is 14.2 Å². The Morgan fingerprint density at radius 2 is 1.96 bits per heavy atom. The second-order valence-electron chi connectivity index (χ2n) is 5.03. The Hall–Kier alpha value is -2.55. The average Bonchev–Trinajstić information content (AvgIpc) is 2.62. The van der Waals surface area contributed by atoms with E-state index < -0.39 is 6.10 Å². The first-order valence-corrected chi connectivity index (χ1v) is 7.59. The number of carbonyl (C=O) groups excluding carboxylic acids is 1. The fourth-order valence-corrected chi connectivity index (χ4v) is 2.47. The highest BCUT2D eigenvalue weighted by Crippen LogP contribution is 2.29. The molecule has 1 N–H and O–H groups in total. The minimum Gasteiger partial charge on any atom is -0.497 e. The van der Waals surface area contributed by atoms with E-state index in [4.69, 9.17) is 26.3 Å². The van der Waals surface area contributed by atoms with E-state index in [0.29, 0.717) is 28.4 Å². The van der Waals surface area contributed by atoms with Crippen LogP contribution >= 0.6 is 11.6 Å². The Balaban J connectivity index is 2.07. The normalized spacial score (nSPS) is 11.4. The Labute approximate surface area is 145 Å². The number of ether oxygens (including phenoxy) is 2. The summed E-state index contributed by atoms with van der Waals surface area (Å²) in [6.45, 7) is 0.332. The maximum absolute atomic E-state index is 12.4. The van der Waals surface area contributed by atoms with Gasteiger partial charge in [-0.2, -0.15) is 5.26 Å². The first-order valence-electron chi connectivity index (χ1n) is 7.22. The molecule has 124 valence electrons. The van der Waals surface area contributed by atoms with Gasteiger partial charge in [0.25, 0.3) is 5.91 Å². The Morgan fingerprint density at radius 3 is 2.50 bits per heavy atom. The largest absolute Gasteiger partial charge is 0.497 e. The van der Waals surface area contributed by atoms with Gasteiger partial charge < -0.3 is 14.8 Å². The number of halogens is 1. The van der Waals surface area contributed by atoms with Gasteiger partial charge in [-0.3, -0.25) is 4.79 Å². The number of benzene rings is 2. The van der Waals surface area contributed by atoms with Crippen molar-refractivity contribution in [3.8, 4) is 11.8 Å². The third kappa shape index (κ3) is 4.25. The van der Waals surface area contributed by atoms with Crippen LogP contribution in [0.1, 0.15) is 22.8 Å². The zero-order valence-corrected chi connectivity index (χ0v) is 14.1. The molecule has 0 fully saturated rings. The topological polar surface area (TPSA) is 71.3 Å². The molecule has 0 spiro atoms. The summed E-state index contributed by atoms with van der Waals surface area (Å²) in [5.41, 5.74) is 2.03. The molecule has 2 rings (SSSR count). The Kier molecular flexibility index (Phi) is 6.19. The number of nitrogens with zero attached hydrogens (tertiary/aromatic N) is 1. The van der Waals surface area contributed by atoms with Gasteiger partial charge >= 0.3 is 0 Å². The van der Waals surface area contributed by atoms with Crippen molar-refractivity contribution in [1.82, 2.24) is 5.32 Å². The van der Waals surface area contributed by atoms with Crippen LogP contribution in [0.2, 0.25) is 5.02 Å². The molecule has 2 aromatic rings. The van der Waals surface area contributed by atoms with Gasteiger partial charge in [-0.05, 0) is 29.8 Å². The molecular formula is C18H17ClN2O3. The molecule has 1 atom stereocenters. The molecule has 0 aromatic heterocycles. The van der Waals surface area contributed by atoms with Crippen molar-refractivity contribution in [2.24, 2.45) is 0 Å². The lowest BCUT2D eigenvalue weighted by atomic mass is 10.1. The summed E-state index contributed by atoms with van der Waals surface area (Å²) in [5.74, 6) is 0.311. The van der Waals surface area contributed by atoms with Crippen molar-refractivity contribution in [2.45, 2.75) is 12.6 Å². The quantitative estimate of drug-likeness (QED) is 0.873. The number of rotatable bonds is 6. The predicted molar refractivity (Wildman–Crippen MR) is 90.8 cm³/mol. The smallest absolute Gasteiger partial charge is 0.254 e. The average molecular weight is 345 g/mol. The molecular weight excluding hydrogens is 328 g/mol. The first kappa shape index (κ1) is 17.8. The molecule has 0 saturated carbocycles. The van der Waals surface area contributed by atoms with Crippen LogP contribution in [-0.4, -0.2) is 20.1 Å². The van der Waals surface area contributed by atoms with Gasteiger partial charge in [0.15, 0.2) is 6.10 Å². The summed E-state index contributed by atoms with van der Waals surface area (Å²) in [6, 6.07) is 14.1. The molecule has 0 heterocycles. The van der Waals surface area contributed by atoms with Crippen molar-refractivity contribution in [1.29, 1.82) is 5.26 Å². The van der Waals surface area contributed by atoms with Crippen LogP contribution in [0.4, 0.5) is 0 Å². The molecule has 2 aromatic carbocycles. The van der Waals surface area contributed by atoms with Crippen LogP contribution in [0.15, 0.2) is 42.5 Å². The number of hydrogen-bond acceptors (Lipinski definition) is 4. The van der Waals surface area contributed by atoms with Gasteiger partial charge in [0.1, 0.15) is 5.75 Å². The van der Waals surface area contributed by atoms with E-state index in [1.54, 1.807) is 49.6 Å². The van der Waals surface area contributed by atoms with Crippen LogP contribution in [-0.2, 0) is 16.1 Å². The summed E-state index contributed by atoms with van der Waals surface area (Å²) >= 11 is 6.21. The number of amides is 1. The van der Waals surface area contributed by atoms with Gasteiger partial charge in [0, 0.05) is 19.2 Å². The fraction of sp³-hybridized carbons (Fsp3) is 0.222. The standard InChI is InChI=1S/C18H17ClN2O3/c1-23-14-7-8-15(16(19)9-14)17(24-2)18(22)21-11-13-5-3-12(10-20)4-6-13/h3-9,17H,11H2,1-2H3,(H,21,22). The maximum atomic E-state index is 12.4. The van der Waals surface area contributed by atoms with E-state index in [9.17, 15) is 4.79 Å². The zero-order chi connectivity index (χ0) is 17.5. The van der Waals surface area contributed by atoms with Crippen LogP contribution in [0.5, 0.6) is 5.75 Å². The van der Waals surface area contributed by atoms with Crippen LogP contribution in [0.3, 0.4) is 0 Å². The van der Waals surface area contributed by atoms with E-state index in [-0.39, 0.29) is 5.91 Å². The van der Waals surface area contributed by atoms with Crippen molar-refractivity contribution >= 4 is 17.5 Å². The number of nitrogens with one attached hydrogen (secondary N) is 1. The van der Waals surface area contributed by atoms with Gasteiger partial charge in [-0.25, -0.2) is 0 Å². The van der Waals surface area contributed by atoms with E-state index in [1.807, 2.05) is 0 Å². The molecule has 24 heavy (non-hydrogen) atoms. The monoisotopic (exact) mass is 344 g/mol. The second-order valence-corrected chi connectivity index (χ2v) is 5.44. The number of methoxy groups -OCH3 is 2. The summed E-state index contributed by atoms with van der Waals surface area (Å²) in [5, 5.41) is 12.0. The molecule has 0 aliphatic heterocycles. The lowest BCUT2D eigenvalue weighted by Gasteiger charge is -2.17. The van der Waals surface area contributed by atoms with Crippen LogP contribution in [0.25, 0.3) is 0 Å². The second kappa shape index (κ2) is 8.34. The molecule has 1 unspecified atom stereocenters. The van der Waals surface area contributed by atoms with Gasteiger partial charge in [0.2, 0.25) is 0 Å². The SMILES string of the molecule is COc1ccc(C(OC)C(=O)NCc2ccc(C#N)cc2)c(Cl)c1. The highest BCUT2D eigenvalue weighted by molar-refractivity contribution is 6.31. The van der Waals surface area contributed by atoms with E-state index in [2.05, 4.69) is 11.4 Å². The molecule has 0 aliphatic carbocycles. The fourth-order valence-electron chi connectivity index (χ4n) is 2.20. The van der Waals surface area contributed by atoms with Gasteiger partial charge in [-0.15, -0.1) is 0 Å². The minimum absolute atomic E-state index is 0.297. The Bertz CT molecular complexity index is 754. The summed E-state index contributed by atoms with van der Waals surface area (Å²) in [6.07, 6.45) is -0.818. The molecule has 0 saturated heterocycles. The molecule has 5 nitrogen and oxygen atoms in total. The third-order valence-corrected chi connectivity index (χ3v) is 3.84. The minimum atomic E-state index is -0.818. The van der Waals surface area contributed by atoms with Crippen LogP contribution < -0.4 is 10.1 Å². The summed E-state index contributed by atoms with van der Waals surface area (Å²) in [4.78, 5) is 12.4. The maximum Gasteiger partial charge on any atom is 0.254 e. The molecule has 6 heteroatoms.